The van der Waals surface area contributed by atoms with E-state index in [0.717, 1.165) is 33.3 Å². The summed E-state index contributed by atoms with van der Waals surface area (Å²) in [7, 11) is -0.627. The summed E-state index contributed by atoms with van der Waals surface area (Å²) in [6, 6.07) is 4.04. The number of ether oxygens (including phenoxy) is 2. The number of hydrogen-bond donors (Lipinski definition) is 0. The van der Waals surface area contributed by atoms with E-state index in [9.17, 15) is 8.42 Å². The van der Waals surface area contributed by atoms with Crippen molar-refractivity contribution in [3.05, 3.63) is 33.7 Å². The van der Waals surface area contributed by atoms with Crippen molar-refractivity contribution in [3.8, 4) is 5.75 Å². The standard InChI is InChI=1S/C22H35NO5S/c1-21(2,3)18-13-16(12-17-10-9-11-23(27-8)29(17,24)25)14-19(22(4,5)6)20(18)28-15-26-7/h12-14H,9-11,15H2,1-8H3/b17-12+. The average Bonchev–Trinajstić information content (AvgIpc) is 2.59. The molecule has 0 amide bonds. The van der Waals surface area contributed by atoms with Crippen molar-refractivity contribution in [2.45, 2.75) is 65.2 Å². The molecule has 1 heterocycles. The Balaban J connectivity index is 2.70. The Kier molecular flexibility index (Phi) is 7.21. The van der Waals surface area contributed by atoms with Crippen molar-refractivity contribution >= 4 is 16.1 Å². The van der Waals surface area contributed by atoms with Crippen LogP contribution in [0.4, 0.5) is 0 Å². The Hall–Kier alpha value is -1.41. The minimum Gasteiger partial charge on any atom is -0.467 e. The molecule has 1 saturated heterocycles. The van der Waals surface area contributed by atoms with Gasteiger partial charge in [0.25, 0.3) is 10.0 Å². The van der Waals surface area contributed by atoms with E-state index in [1.54, 1.807) is 13.2 Å². The second kappa shape index (κ2) is 8.76. The molecule has 0 saturated carbocycles. The Morgan fingerprint density at radius 3 is 2.03 bits per heavy atom. The van der Waals surface area contributed by atoms with Gasteiger partial charge in [-0.1, -0.05) is 46.0 Å². The highest BCUT2D eigenvalue weighted by Crippen LogP contribution is 2.41. The van der Waals surface area contributed by atoms with Crippen molar-refractivity contribution in [1.29, 1.82) is 0 Å². The van der Waals surface area contributed by atoms with Crippen LogP contribution >= 0.6 is 0 Å². The first-order valence-corrected chi connectivity index (χ1v) is 11.3. The first-order chi connectivity index (χ1) is 13.3. The molecular formula is C22H35NO5S. The highest BCUT2D eigenvalue weighted by molar-refractivity contribution is 7.93. The van der Waals surface area contributed by atoms with Gasteiger partial charge in [0.15, 0.2) is 6.79 Å². The number of allylic oxidation sites excluding steroid dienone is 1. The largest absolute Gasteiger partial charge is 0.467 e. The molecule has 0 radical (unpaired) electrons. The molecule has 0 aromatic heterocycles. The summed E-state index contributed by atoms with van der Waals surface area (Å²) in [6.07, 6.45) is 3.00. The highest BCUT2D eigenvalue weighted by atomic mass is 32.2. The van der Waals surface area contributed by atoms with Gasteiger partial charge in [-0.15, -0.1) is 0 Å². The molecule has 1 aromatic rings. The lowest BCUT2D eigenvalue weighted by Gasteiger charge is -2.30. The van der Waals surface area contributed by atoms with Gasteiger partial charge in [-0.2, -0.15) is 0 Å². The summed E-state index contributed by atoms with van der Waals surface area (Å²) in [5.41, 5.74) is 2.50. The summed E-state index contributed by atoms with van der Waals surface area (Å²) >= 11 is 0. The van der Waals surface area contributed by atoms with E-state index < -0.39 is 10.0 Å². The van der Waals surface area contributed by atoms with E-state index in [1.807, 2.05) is 12.1 Å². The zero-order valence-electron chi connectivity index (χ0n) is 19.0. The smallest absolute Gasteiger partial charge is 0.261 e. The third-order valence-electron chi connectivity index (χ3n) is 4.94. The molecule has 2 rings (SSSR count). The quantitative estimate of drug-likeness (QED) is 0.646. The van der Waals surface area contributed by atoms with Gasteiger partial charge in [-0.3, -0.25) is 4.84 Å². The van der Waals surface area contributed by atoms with Crippen LogP contribution in [0, 0.1) is 0 Å². The van der Waals surface area contributed by atoms with Crippen LogP contribution in [-0.2, 0) is 30.4 Å². The van der Waals surface area contributed by atoms with E-state index in [0.29, 0.717) is 17.9 Å². The predicted octanol–water partition coefficient (Wildman–Crippen LogP) is 4.59. The van der Waals surface area contributed by atoms with E-state index >= 15 is 0 Å². The van der Waals surface area contributed by atoms with Gasteiger partial charge >= 0.3 is 0 Å². The van der Waals surface area contributed by atoms with E-state index in [4.69, 9.17) is 14.3 Å². The maximum atomic E-state index is 12.8. The highest BCUT2D eigenvalue weighted by Gasteiger charge is 2.32. The topological polar surface area (TPSA) is 65.1 Å². The normalized spacial score (nSPS) is 19.5. The SMILES string of the molecule is COCOc1c(C(C)(C)C)cc(/C=C2\CCCN(OC)S2(=O)=O)cc1C(C)(C)C. The van der Waals surface area contributed by atoms with Gasteiger partial charge in [0.2, 0.25) is 0 Å². The van der Waals surface area contributed by atoms with Gasteiger partial charge < -0.3 is 9.47 Å². The van der Waals surface area contributed by atoms with Crippen LogP contribution in [0.2, 0.25) is 0 Å². The van der Waals surface area contributed by atoms with Gasteiger partial charge in [0, 0.05) is 24.8 Å². The molecular weight excluding hydrogens is 390 g/mol. The molecule has 6 nitrogen and oxygen atoms in total. The third kappa shape index (κ3) is 5.40. The van der Waals surface area contributed by atoms with Gasteiger partial charge in [0.1, 0.15) is 5.75 Å². The van der Waals surface area contributed by atoms with Crippen LogP contribution in [0.5, 0.6) is 5.75 Å². The second-order valence-corrected chi connectivity index (χ2v) is 11.3. The average molecular weight is 426 g/mol. The zero-order chi connectivity index (χ0) is 22.0. The molecule has 29 heavy (non-hydrogen) atoms. The summed E-state index contributed by atoms with van der Waals surface area (Å²) in [4.78, 5) is 5.44. The Bertz CT molecular complexity index is 825. The summed E-state index contributed by atoms with van der Waals surface area (Å²) < 4.78 is 37.8. The summed E-state index contributed by atoms with van der Waals surface area (Å²) in [5.74, 6) is 0.805. The molecule has 1 fully saturated rings. The van der Waals surface area contributed by atoms with Gasteiger partial charge in [-0.25, -0.2) is 8.42 Å². The number of rotatable bonds is 5. The predicted molar refractivity (Wildman–Crippen MR) is 116 cm³/mol. The molecule has 0 bridgehead atoms. The van der Waals surface area contributed by atoms with Crippen molar-refractivity contribution < 1.29 is 22.7 Å². The number of benzene rings is 1. The molecule has 164 valence electrons. The van der Waals surface area contributed by atoms with Crippen LogP contribution in [-0.4, -0.2) is 40.4 Å². The molecule has 1 aliphatic heterocycles. The van der Waals surface area contributed by atoms with Crippen LogP contribution in [0.1, 0.15) is 71.1 Å². The molecule has 0 unspecified atom stereocenters. The number of methoxy groups -OCH3 is 1. The maximum absolute atomic E-state index is 12.8. The minimum atomic E-state index is -3.61. The summed E-state index contributed by atoms with van der Waals surface area (Å²) in [6.45, 7) is 13.3. The van der Waals surface area contributed by atoms with Gasteiger partial charge in [-0.05, 0) is 47.4 Å². The first-order valence-electron chi connectivity index (χ1n) is 9.90. The fraction of sp³-hybridized carbons (Fsp3) is 0.636. The number of hydrogen-bond acceptors (Lipinski definition) is 5. The van der Waals surface area contributed by atoms with E-state index in [1.165, 1.54) is 7.11 Å². The molecule has 1 aromatic carbocycles. The molecule has 0 aliphatic carbocycles. The molecule has 0 spiro atoms. The number of nitrogens with zero attached hydrogens (tertiary/aromatic N) is 1. The zero-order valence-corrected chi connectivity index (χ0v) is 19.8. The number of sulfonamides is 1. The second-order valence-electron chi connectivity index (χ2n) is 9.42. The fourth-order valence-corrected chi connectivity index (χ4v) is 4.92. The number of hydroxylamine groups is 1. The van der Waals surface area contributed by atoms with Crippen molar-refractivity contribution in [2.24, 2.45) is 0 Å². The van der Waals surface area contributed by atoms with Crippen LogP contribution in [0.25, 0.3) is 6.08 Å². The first kappa shape index (κ1) is 23.9. The third-order valence-corrected chi connectivity index (χ3v) is 6.80. The fourth-order valence-electron chi connectivity index (χ4n) is 3.41. The lowest BCUT2D eigenvalue weighted by Crippen LogP contribution is -2.35. The van der Waals surface area contributed by atoms with Crippen LogP contribution < -0.4 is 4.74 Å². The Morgan fingerprint density at radius 2 is 1.59 bits per heavy atom. The summed E-state index contributed by atoms with van der Waals surface area (Å²) in [5, 5.41) is 0. The lowest BCUT2D eigenvalue weighted by molar-refractivity contribution is -0.0508. The molecule has 1 aliphatic rings. The van der Waals surface area contributed by atoms with Crippen molar-refractivity contribution in [3.63, 3.8) is 0 Å². The van der Waals surface area contributed by atoms with Gasteiger partial charge in [0.05, 0.1) is 12.0 Å². The van der Waals surface area contributed by atoms with Crippen LogP contribution in [0.3, 0.4) is 0 Å². The minimum absolute atomic E-state index is 0.157. The Morgan fingerprint density at radius 1 is 1.03 bits per heavy atom. The molecule has 0 atom stereocenters. The lowest BCUT2D eigenvalue weighted by atomic mass is 9.78. The van der Waals surface area contributed by atoms with Crippen LogP contribution in [0.15, 0.2) is 17.0 Å². The van der Waals surface area contributed by atoms with E-state index in [2.05, 4.69) is 41.5 Å². The van der Waals surface area contributed by atoms with Crippen molar-refractivity contribution in [1.82, 2.24) is 4.47 Å². The maximum Gasteiger partial charge on any atom is 0.261 e. The van der Waals surface area contributed by atoms with Crippen molar-refractivity contribution in [2.75, 3.05) is 27.6 Å². The molecule has 0 N–H and O–H groups in total. The molecule has 7 heteroatoms. The monoisotopic (exact) mass is 425 g/mol. The Labute approximate surface area is 175 Å². The van der Waals surface area contributed by atoms with E-state index in [-0.39, 0.29) is 17.6 Å².